The van der Waals surface area contributed by atoms with Crippen molar-refractivity contribution in [3.8, 4) is 0 Å². The smallest absolute Gasteiger partial charge is 0.191 e. The fourth-order valence-corrected chi connectivity index (χ4v) is 1.46. The molecule has 6 heteroatoms. The van der Waals surface area contributed by atoms with Crippen LogP contribution in [0.3, 0.4) is 0 Å². The van der Waals surface area contributed by atoms with Crippen LogP contribution in [-0.4, -0.2) is 35.3 Å². The van der Waals surface area contributed by atoms with Gasteiger partial charge < -0.3 is 0 Å². The van der Waals surface area contributed by atoms with E-state index in [1.807, 2.05) is 12.5 Å². The van der Waals surface area contributed by atoms with E-state index < -0.39 is 0 Å². The highest BCUT2D eigenvalue weighted by Gasteiger charge is 2.02. The van der Waals surface area contributed by atoms with Crippen molar-refractivity contribution in [2.45, 2.75) is 16.6 Å². The van der Waals surface area contributed by atoms with Crippen molar-refractivity contribution in [2.75, 3.05) is 12.5 Å². The highest BCUT2D eigenvalue weighted by molar-refractivity contribution is 7.99. The van der Waals surface area contributed by atoms with Gasteiger partial charge in [0.1, 0.15) is 5.82 Å². The summed E-state index contributed by atoms with van der Waals surface area (Å²) in [6, 6.07) is 0. The first kappa shape index (κ1) is 9.86. The normalized spacial score (nSPS) is 10.2. The van der Waals surface area contributed by atoms with Crippen LogP contribution in [0, 0.1) is 0 Å². The Kier molecular flexibility index (Phi) is 3.88. The molecule has 0 saturated carbocycles. The van der Waals surface area contributed by atoms with Gasteiger partial charge in [0.05, 0.1) is 7.85 Å². The van der Waals surface area contributed by atoms with Crippen molar-refractivity contribution >= 4 is 31.4 Å². The van der Waals surface area contributed by atoms with E-state index in [1.165, 1.54) is 23.5 Å². The maximum atomic E-state index is 5.43. The lowest BCUT2D eigenvalue weighted by molar-refractivity contribution is 0.762. The third-order valence-corrected chi connectivity index (χ3v) is 2.28. The SMILES string of the molecule is [B]Cc1nc(SC)nc(SC)n1. The maximum absolute atomic E-state index is 5.43. The first-order chi connectivity index (χ1) is 5.80. The molecule has 0 aliphatic rings. The Morgan fingerprint density at radius 1 is 1.08 bits per heavy atom. The third-order valence-electron chi connectivity index (χ3n) is 1.19. The minimum Gasteiger partial charge on any atom is -0.208 e. The van der Waals surface area contributed by atoms with Gasteiger partial charge in [0.25, 0.3) is 0 Å². The molecule has 62 valence electrons. The van der Waals surface area contributed by atoms with Crippen LogP contribution in [0.5, 0.6) is 0 Å². The lowest BCUT2D eigenvalue weighted by atomic mass is 10.1. The second-order valence-electron chi connectivity index (χ2n) is 1.93. The van der Waals surface area contributed by atoms with Gasteiger partial charge in [0, 0.05) is 0 Å². The van der Waals surface area contributed by atoms with E-state index >= 15 is 0 Å². The molecule has 12 heavy (non-hydrogen) atoms. The molecule has 0 bridgehead atoms. The summed E-state index contributed by atoms with van der Waals surface area (Å²) in [5.74, 6) is 0.652. The molecule has 1 heterocycles. The quantitative estimate of drug-likeness (QED) is 0.533. The number of aromatic nitrogens is 3. The highest BCUT2D eigenvalue weighted by Crippen LogP contribution is 2.13. The van der Waals surface area contributed by atoms with Crippen LogP contribution in [0.2, 0.25) is 0 Å². The van der Waals surface area contributed by atoms with E-state index in [4.69, 9.17) is 7.85 Å². The molecule has 3 nitrogen and oxygen atoms in total. The van der Waals surface area contributed by atoms with Crippen molar-refractivity contribution in [3.05, 3.63) is 5.82 Å². The summed E-state index contributed by atoms with van der Waals surface area (Å²) in [5.41, 5.74) is 0. The fraction of sp³-hybridized carbons (Fsp3) is 0.500. The first-order valence-corrected chi connectivity index (χ1v) is 5.78. The first-order valence-electron chi connectivity index (χ1n) is 3.33. The third kappa shape index (κ3) is 2.38. The van der Waals surface area contributed by atoms with Crippen LogP contribution in [0.25, 0.3) is 0 Å². The van der Waals surface area contributed by atoms with Crippen LogP contribution < -0.4 is 0 Å². The van der Waals surface area contributed by atoms with Gasteiger partial charge in [-0.05, 0) is 18.8 Å². The Hall–Kier alpha value is -0.225. The number of nitrogens with zero attached hydrogens (tertiary/aromatic N) is 3. The minimum absolute atomic E-state index is 0.365. The lowest BCUT2D eigenvalue weighted by Gasteiger charge is -2.00. The predicted octanol–water partition coefficient (Wildman–Crippen LogP) is 0.984. The summed E-state index contributed by atoms with van der Waals surface area (Å²) >= 11 is 2.99. The van der Waals surface area contributed by atoms with Crippen LogP contribution >= 0.6 is 23.5 Å². The Balaban J connectivity index is 3.01. The van der Waals surface area contributed by atoms with Crippen molar-refractivity contribution in [3.63, 3.8) is 0 Å². The summed E-state index contributed by atoms with van der Waals surface area (Å²) < 4.78 is 0. The molecule has 0 aliphatic carbocycles. The zero-order valence-electron chi connectivity index (χ0n) is 6.94. The van der Waals surface area contributed by atoms with Gasteiger partial charge in [0.15, 0.2) is 10.3 Å². The van der Waals surface area contributed by atoms with Crippen molar-refractivity contribution in [1.82, 2.24) is 15.0 Å². The summed E-state index contributed by atoms with van der Waals surface area (Å²) in [4.78, 5) is 12.4. The molecule has 0 atom stereocenters. The summed E-state index contributed by atoms with van der Waals surface area (Å²) in [7, 11) is 5.43. The maximum Gasteiger partial charge on any atom is 0.191 e. The molecule has 0 N–H and O–H groups in total. The predicted molar refractivity (Wildman–Crippen MR) is 52.8 cm³/mol. The Labute approximate surface area is 81.6 Å². The molecule has 2 radical (unpaired) electrons. The largest absolute Gasteiger partial charge is 0.208 e. The monoisotopic (exact) mass is 197 g/mol. The van der Waals surface area contributed by atoms with Crippen molar-refractivity contribution < 1.29 is 0 Å². The van der Waals surface area contributed by atoms with Crippen LogP contribution in [0.4, 0.5) is 0 Å². The zero-order chi connectivity index (χ0) is 8.97. The van der Waals surface area contributed by atoms with Gasteiger partial charge in [-0.25, -0.2) is 9.97 Å². The minimum atomic E-state index is 0.365. The molecule has 0 saturated heterocycles. The average molecular weight is 197 g/mol. The van der Waals surface area contributed by atoms with Gasteiger partial charge >= 0.3 is 0 Å². The Bertz CT molecular complexity index is 214. The highest BCUT2D eigenvalue weighted by atomic mass is 32.2. The van der Waals surface area contributed by atoms with Crippen molar-refractivity contribution in [1.29, 1.82) is 0 Å². The number of hydrogen-bond acceptors (Lipinski definition) is 5. The van der Waals surface area contributed by atoms with E-state index in [0.717, 1.165) is 10.3 Å². The standard InChI is InChI=1S/C6H8BN3S2/c1-11-5-8-4(3-7)9-6(10-5)12-2/h3H2,1-2H3. The molecule has 1 aromatic heterocycles. The van der Waals surface area contributed by atoms with E-state index in [2.05, 4.69) is 15.0 Å². The van der Waals surface area contributed by atoms with E-state index in [9.17, 15) is 0 Å². The Morgan fingerprint density at radius 2 is 1.58 bits per heavy atom. The van der Waals surface area contributed by atoms with E-state index in [1.54, 1.807) is 0 Å². The van der Waals surface area contributed by atoms with Crippen LogP contribution in [-0.2, 0) is 6.32 Å². The topological polar surface area (TPSA) is 38.7 Å². The van der Waals surface area contributed by atoms with E-state index in [0.29, 0.717) is 12.1 Å². The molecule has 1 rings (SSSR count). The number of rotatable bonds is 3. The van der Waals surface area contributed by atoms with E-state index in [-0.39, 0.29) is 0 Å². The molecule has 0 spiro atoms. The summed E-state index contributed by atoms with van der Waals surface area (Å²) in [6.45, 7) is 0. The average Bonchev–Trinajstić information content (AvgIpc) is 2.16. The number of thioether (sulfide) groups is 2. The van der Waals surface area contributed by atoms with Gasteiger partial charge in [0.2, 0.25) is 0 Å². The second kappa shape index (κ2) is 4.72. The molecule has 0 fully saturated rings. The molecule has 0 amide bonds. The number of hydrogen-bond donors (Lipinski definition) is 0. The molecule has 0 unspecified atom stereocenters. The van der Waals surface area contributed by atoms with Crippen LogP contribution in [0.15, 0.2) is 10.3 Å². The fourth-order valence-electron chi connectivity index (χ4n) is 0.651. The molecular formula is C6H8BN3S2. The summed E-state index contributed by atoms with van der Waals surface area (Å²) in [5, 5.41) is 1.46. The van der Waals surface area contributed by atoms with Gasteiger partial charge in [-0.2, -0.15) is 4.98 Å². The van der Waals surface area contributed by atoms with Gasteiger partial charge in [-0.1, -0.05) is 23.5 Å². The lowest BCUT2D eigenvalue weighted by Crippen LogP contribution is -2.00. The van der Waals surface area contributed by atoms with Crippen LogP contribution in [0.1, 0.15) is 5.82 Å². The zero-order valence-corrected chi connectivity index (χ0v) is 8.58. The molecule has 1 aromatic rings. The summed E-state index contributed by atoms with van der Waals surface area (Å²) in [6.07, 6.45) is 4.23. The van der Waals surface area contributed by atoms with Gasteiger partial charge in [-0.3, -0.25) is 0 Å². The molecular weight excluding hydrogens is 189 g/mol. The Morgan fingerprint density at radius 3 is 1.92 bits per heavy atom. The van der Waals surface area contributed by atoms with Crippen molar-refractivity contribution in [2.24, 2.45) is 0 Å². The molecule has 0 aliphatic heterocycles. The molecule has 0 aromatic carbocycles. The van der Waals surface area contributed by atoms with Gasteiger partial charge in [-0.15, -0.1) is 0 Å². The second-order valence-corrected chi connectivity index (χ2v) is 3.48.